The van der Waals surface area contributed by atoms with Gasteiger partial charge in [0, 0.05) is 12.6 Å². The molecule has 2 rings (SSSR count). The van der Waals surface area contributed by atoms with Crippen LogP contribution in [0.5, 0.6) is 5.75 Å². The fourth-order valence-corrected chi connectivity index (χ4v) is 2.89. The van der Waals surface area contributed by atoms with E-state index in [2.05, 4.69) is 30.4 Å². The zero-order chi connectivity index (χ0) is 15.2. The third-order valence-corrected chi connectivity index (χ3v) is 4.16. The Bertz CT molecular complexity index is 487. The molecule has 1 aromatic rings. The average molecular weight is 291 g/mol. The van der Waals surface area contributed by atoms with Gasteiger partial charge in [0.25, 0.3) is 0 Å². The number of nitrogens with one attached hydrogen (secondary N) is 1. The number of aryl methyl sites for hydroxylation is 2. The van der Waals surface area contributed by atoms with Gasteiger partial charge in [0.2, 0.25) is 0 Å². The predicted molar refractivity (Wildman–Crippen MR) is 82.8 cm³/mol. The lowest BCUT2D eigenvalue weighted by molar-refractivity contribution is -0.143. The molecule has 1 aliphatic carbocycles. The summed E-state index contributed by atoms with van der Waals surface area (Å²) < 4.78 is 5.80. The minimum atomic E-state index is -0.659. The maximum Gasteiger partial charge on any atom is 0.306 e. The number of hydrogen-bond acceptors (Lipinski definition) is 3. The topological polar surface area (TPSA) is 58.6 Å². The predicted octanol–water partition coefficient (Wildman–Crippen LogP) is 2.92. The Labute approximate surface area is 126 Å². The van der Waals surface area contributed by atoms with Gasteiger partial charge in [0.15, 0.2) is 0 Å². The van der Waals surface area contributed by atoms with Crippen molar-refractivity contribution in [2.75, 3.05) is 13.2 Å². The van der Waals surface area contributed by atoms with Gasteiger partial charge >= 0.3 is 5.97 Å². The Kier molecular flexibility index (Phi) is 5.62. The van der Waals surface area contributed by atoms with E-state index in [1.54, 1.807) is 0 Å². The lowest BCUT2D eigenvalue weighted by Crippen LogP contribution is -2.38. The Morgan fingerprint density at radius 2 is 2.19 bits per heavy atom. The van der Waals surface area contributed by atoms with E-state index in [0.29, 0.717) is 12.6 Å². The SMILES string of the molecule is Cc1ccc(C)c(OCCNC2CCCC(C(=O)O)C2)c1. The lowest BCUT2D eigenvalue weighted by atomic mass is 9.86. The molecule has 1 saturated carbocycles. The van der Waals surface area contributed by atoms with Crippen LogP contribution in [0, 0.1) is 19.8 Å². The van der Waals surface area contributed by atoms with Crippen LogP contribution in [0.4, 0.5) is 0 Å². The van der Waals surface area contributed by atoms with Crippen molar-refractivity contribution < 1.29 is 14.6 Å². The molecule has 0 spiro atoms. The van der Waals surface area contributed by atoms with E-state index >= 15 is 0 Å². The Balaban J connectivity index is 1.72. The molecule has 4 heteroatoms. The maximum atomic E-state index is 11.0. The van der Waals surface area contributed by atoms with Gasteiger partial charge in [-0.2, -0.15) is 0 Å². The van der Waals surface area contributed by atoms with Crippen LogP contribution in [0.3, 0.4) is 0 Å². The number of hydrogen-bond donors (Lipinski definition) is 2. The van der Waals surface area contributed by atoms with Crippen molar-refractivity contribution in [3.05, 3.63) is 29.3 Å². The maximum absolute atomic E-state index is 11.0. The molecule has 21 heavy (non-hydrogen) atoms. The van der Waals surface area contributed by atoms with Gasteiger partial charge < -0.3 is 15.2 Å². The molecule has 1 aromatic carbocycles. The van der Waals surface area contributed by atoms with Gasteiger partial charge in [-0.3, -0.25) is 4.79 Å². The van der Waals surface area contributed by atoms with Crippen molar-refractivity contribution >= 4 is 5.97 Å². The highest BCUT2D eigenvalue weighted by Gasteiger charge is 2.26. The van der Waals surface area contributed by atoms with E-state index in [1.807, 2.05) is 6.92 Å². The van der Waals surface area contributed by atoms with Crippen molar-refractivity contribution in [2.45, 2.75) is 45.6 Å². The van der Waals surface area contributed by atoms with Crippen LogP contribution in [-0.2, 0) is 4.79 Å². The zero-order valence-corrected chi connectivity index (χ0v) is 12.9. The highest BCUT2D eigenvalue weighted by atomic mass is 16.5. The molecule has 4 nitrogen and oxygen atoms in total. The minimum Gasteiger partial charge on any atom is -0.492 e. The molecule has 0 heterocycles. The summed E-state index contributed by atoms with van der Waals surface area (Å²) >= 11 is 0. The van der Waals surface area contributed by atoms with E-state index in [4.69, 9.17) is 9.84 Å². The molecule has 0 aliphatic heterocycles. The first-order valence-electron chi connectivity index (χ1n) is 7.72. The molecule has 0 saturated heterocycles. The second-order valence-corrected chi connectivity index (χ2v) is 5.97. The molecule has 116 valence electrons. The van der Waals surface area contributed by atoms with Crippen molar-refractivity contribution in [1.29, 1.82) is 0 Å². The molecule has 2 atom stereocenters. The fourth-order valence-electron chi connectivity index (χ4n) is 2.89. The van der Waals surface area contributed by atoms with Crippen LogP contribution >= 0.6 is 0 Å². The third kappa shape index (κ3) is 4.74. The van der Waals surface area contributed by atoms with Gasteiger partial charge in [-0.15, -0.1) is 0 Å². The summed E-state index contributed by atoms with van der Waals surface area (Å²) in [6, 6.07) is 6.50. The highest BCUT2D eigenvalue weighted by Crippen LogP contribution is 2.24. The first kappa shape index (κ1) is 15.8. The van der Waals surface area contributed by atoms with E-state index in [-0.39, 0.29) is 5.92 Å². The van der Waals surface area contributed by atoms with Gasteiger partial charge in [-0.05, 0) is 50.3 Å². The quantitative estimate of drug-likeness (QED) is 0.791. The molecular formula is C17H25NO3. The number of carbonyl (C=O) groups is 1. The highest BCUT2D eigenvalue weighted by molar-refractivity contribution is 5.70. The summed E-state index contributed by atoms with van der Waals surface area (Å²) in [6.45, 7) is 5.46. The Morgan fingerprint density at radius 3 is 2.95 bits per heavy atom. The van der Waals surface area contributed by atoms with Crippen LogP contribution in [0.2, 0.25) is 0 Å². The van der Waals surface area contributed by atoms with Gasteiger partial charge in [0.1, 0.15) is 12.4 Å². The first-order chi connectivity index (χ1) is 10.1. The van der Waals surface area contributed by atoms with Crippen LogP contribution in [0.1, 0.15) is 36.8 Å². The van der Waals surface area contributed by atoms with Crippen LogP contribution in [0.15, 0.2) is 18.2 Å². The minimum absolute atomic E-state index is 0.184. The van der Waals surface area contributed by atoms with E-state index in [1.165, 1.54) is 5.56 Å². The Morgan fingerprint density at radius 1 is 1.38 bits per heavy atom. The molecule has 2 unspecified atom stereocenters. The smallest absolute Gasteiger partial charge is 0.306 e. The molecule has 1 aliphatic rings. The number of carboxylic acids is 1. The van der Waals surface area contributed by atoms with Gasteiger partial charge in [0.05, 0.1) is 5.92 Å². The monoisotopic (exact) mass is 291 g/mol. The van der Waals surface area contributed by atoms with Crippen molar-refractivity contribution in [3.63, 3.8) is 0 Å². The second-order valence-electron chi connectivity index (χ2n) is 5.97. The van der Waals surface area contributed by atoms with E-state index in [0.717, 1.165) is 43.5 Å². The summed E-state index contributed by atoms with van der Waals surface area (Å²) in [5.41, 5.74) is 2.34. The lowest BCUT2D eigenvalue weighted by Gasteiger charge is -2.27. The fraction of sp³-hybridized carbons (Fsp3) is 0.588. The summed E-state index contributed by atoms with van der Waals surface area (Å²) in [7, 11) is 0. The van der Waals surface area contributed by atoms with E-state index < -0.39 is 5.97 Å². The largest absolute Gasteiger partial charge is 0.492 e. The number of aliphatic carboxylic acids is 1. The second kappa shape index (κ2) is 7.46. The first-order valence-corrected chi connectivity index (χ1v) is 7.72. The van der Waals surface area contributed by atoms with Crippen LogP contribution < -0.4 is 10.1 Å². The Hall–Kier alpha value is -1.55. The van der Waals surface area contributed by atoms with Crippen molar-refractivity contribution in [3.8, 4) is 5.75 Å². The zero-order valence-electron chi connectivity index (χ0n) is 12.9. The summed E-state index contributed by atoms with van der Waals surface area (Å²) in [6.07, 6.45) is 3.60. The summed E-state index contributed by atoms with van der Waals surface area (Å²) in [5, 5.41) is 12.5. The normalized spacial score (nSPS) is 22.0. The third-order valence-electron chi connectivity index (χ3n) is 4.16. The van der Waals surface area contributed by atoms with Crippen molar-refractivity contribution in [1.82, 2.24) is 5.32 Å². The number of rotatable bonds is 6. The standard InChI is InChI=1S/C17H25NO3/c1-12-6-7-13(2)16(10-12)21-9-8-18-15-5-3-4-14(11-15)17(19)20/h6-7,10,14-15,18H,3-5,8-9,11H2,1-2H3,(H,19,20). The molecule has 1 fully saturated rings. The summed E-state index contributed by atoms with van der Waals surface area (Å²) in [4.78, 5) is 11.0. The molecular weight excluding hydrogens is 266 g/mol. The number of carboxylic acid groups (broad SMARTS) is 1. The average Bonchev–Trinajstić information content (AvgIpc) is 2.47. The summed E-state index contributed by atoms with van der Waals surface area (Å²) in [5.74, 6) is 0.0909. The van der Waals surface area contributed by atoms with Crippen LogP contribution in [0.25, 0.3) is 0 Å². The molecule has 0 aromatic heterocycles. The van der Waals surface area contributed by atoms with Crippen LogP contribution in [-0.4, -0.2) is 30.3 Å². The van der Waals surface area contributed by atoms with Crippen molar-refractivity contribution in [2.24, 2.45) is 5.92 Å². The van der Waals surface area contributed by atoms with E-state index in [9.17, 15) is 4.79 Å². The molecule has 0 radical (unpaired) electrons. The number of ether oxygens (including phenoxy) is 1. The molecule has 0 amide bonds. The molecule has 0 bridgehead atoms. The van der Waals surface area contributed by atoms with Gasteiger partial charge in [-0.25, -0.2) is 0 Å². The number of benzene rings is 1. The van der Waals surface area contributed by atoms with Gasteiger partial charge in [-0.1, -0.05) is 18.6 Å². The molecule has 2 N–H and O–H groups in total.